The van der Waals surface area contributed by atoms with Crippen LogP contribution in [-0.4, -0.2) is 22.2 Å². The van der Waals surface area contributed by atoms with E-state index in [1.807, 2.05) is 0 Å². The van der Waals surface area contributed by atoms with E-state index in [0.717, 1.165) is 109 Å². The van der Waals surface area contributed by atoms with Gasteiger partial charge in [-0.25, -0.2) is 0 Å². The van der Waals surface area contributed by atoms with Gasteiger partial charge in [-0.15, -0.1) is 0 Å². The summed E-state index contributed by atoms with van der Waals surface area (Å²) in [4.78, 5) is 20.8. The molecule has 0 fully saturated rings. The fourth-order valence-corrected chi connectivity index (χ4v) is 5.68. The highest BCUT2D eigenvalue weighted by atomic mass is 16.4. The van der Waals surface area contributed by atoms with Gasteiger partial charge in [0.2, 0.25) is 0 Å². The summed E-state index contributed by atoms with van der Waals surface area (Å²) >= 11 is 0. The molecule has 0 radical (unpaired) electrons. The number of carboxylic acid groups (broad SMARTS) is 2. The van der Waals surface area contributed by atoms with Gasteiger partial charge in [0, 0.05) is 12.8 Å². The Hall–Kier alpha value is -3.92. The van der Waals surface area contributed by atoms with Crippen LogP contribution in [0.2, 0.25) is 0 Å². The molecule has 58 heavy (non-hydrogen) atoms. The molecule has 0 amide bonds. The second-order valence-corrected chi connectivity index (χ2v) is 14.6. The molecule has 0 atom stereocenters. The van der Waals surface area contributed by atoms with E-state index in [2.05, 4.69) is 148 Å². The minimum Gasteiger partial charge on any atom is -0.481 e. The first-order chi connectivity index (χ1) is 28.5. The summed E-state index contributed by atoms with van der Waals surface area (Å²) in [5.41, 5.74) is 0. The van der Waals surface area contributed by atoms with Crippen LogP contribution in [0.4, 0.5) is 0 Å². The third kappa shape index (κ3) is 58.8. The van der Waals surface area contributed by atoms with Crippen LogP contribution in [0.25, 0.3) is 0 Å². The molecule has 0 aromatic carbocycles. The lowest BCUT2D eigenvalue weighted by atomic mass is 10.1. The first-order valence-corrected chi connectivity index (χ1v) is 23.1. The van der Waals surface area contributed by atoms with Crippen molar-refractivity contribution in [1.82, 2.24) is 0 Å². The van der Waals surface area contributed by atoms with Crippen LogP contribution in [0, 0.1) is 0 Å². The maximum atomic E-state index is 10.4. The molecule has 0 aliphatic rings. The zero-order valence-corrected chi connectivity index (χ0v) is 37.2. The average Bonchev–Trinajstić information content (AvgIpc) is 3.21. The number of carbonyl (C=O) groups is 2. The van der Waals surface area contributed by atoms with E-state index >= 15 is 0 Å². The van der Waals surface area contributed by atoms with E-state index in [1.54, 1.807) is 0 Å². The van der Waals surface area contributed by atoms with Crippen LogP contribution in [0.5, 0.6) is 0 Å². The van der Waals surface area contributed by atoms with Gasteiger partial charge in [-0.2, -0.15) is 0 Å². The Bertz CT molecular complexity index is 1220. The van der Waals surface area contributed by atoms with Crippen molar-refractivity contribution in [3.05, 3.63) is 134 Å². The third-order valence-electron chi connectivity index (χ3n) is 9.03. The monoisotopic (exact) mass is 799 g/mol. The summed E-state index contributed by atoms with van der Waals surface area (Å²) in [6.45, 7) is 4.32. The van der Waals surface area contributed by atoms with Gasteiger partial charge in [-0.1, -0.05) is 205 Å². The standard InChI is InChI=1S/C27H44O2.C27H42O2/c2*1-2-3-4-5-6-7-8-9-10-11-12-13-14-15-16-17-18-19-20-21-22-23-24-25-26-27(28)29/h3-4,6-7,9-10,12-13,15-16H,2,5,8,11,14,17-26H2,1H3,(H,28,29);3-4,6-7,9-10,12-13,15-16,18-19H,2,5,8,11,14,17,20-26H2,1H3,(H,28,29)/b4-3-,7-6-,10-9-,13-12-,16-15-;4-3-,7-6-,10-9-,13-12-,16-15-,19-18-. The largest absolute Gasteiger partial charge is 0.481 e. The van der Waals surface area contributed by atoms with Gasteiger partial charge < -0.3 is 10.2 Å². The molecule has 0 bridgehead atoms. The number of rotatable bonds is 39. The Morgan fingerprint density at radius 2 is 0.466 bits per heavy atom. The lowest BCUT2D eigenvalue weighted by molar-refractivity contribution is -0.138. The van der Waals surface area contributed by atoms with Gasteiger partial charge in [-0.05, 0) is 109 Å². The van der Waals surface area contributed by atoms with E-state index < -0.39 is 11.9 Å². The van der Waals surface area contributed by atoms with E-state index in [9.17, 15) is 9.59 Å². The number of allylic oxidation sites excluding steroid dienone is 22. The zero-order chi connectivity index (χ0) is 42.5. The van der Waals surface area contributed by atoms with Crippen molar-refractivity contribution in [3.63, 3.8) is 0 Å². The maximum Gasteiger partial charge on any atom is 0.303 e. The molecule has 0 saturated carbocycles. The highest BCUT2D eigenvalue weighted by Crippen LogP contribution is 2.11. The molecule has 0 aromatic rings. The van der Waals surface area contributed by atoms with Crippen molar-refractivity contribution in [2.24, 2.45) is 0 Å². The van der Waals surface area contributed by atoms with Crippen LogP contribution in [0.1, 0.15) is 194 Å². The number of aliphatic carboxylic acids is 2. The predicted octanol–water partition coefficient (Wildman–Crippen LogP) is 17.2. The summed E-state index contributed by atoms with van der Waals surface area (Å²) in [6, 6.07) is 0. The molecular formula is C54H86O4. The molecule has 4 nitrogen and oxygen atoms in total. The minimum atomic E-state index is -0.678. The zero-order valence-electron chi connectivity index (χ0n) is 37.2. The SMILES string of the molecule is CC/C=C\C/C=C\C/C=C\C/C=C\C/C=C\C/C=C\CCCCCCCC(=O)O.CC/C=C\C/C=C\C/C=C\C/C=C\C/C=C\CCCCCCCCCCC(=O)O. The molecule has 0 aliphatic heterocycles. The fourth-order valence-electron chi connectivity index (χ4n) is 5.68. The number of hydrogen-bond donors (Lipinski definition) is 2. The molecule has 0 rings (SSSR count). The predicted molar refractivity (Wildman–Crippen MR) is 256 cm³/mol. The highest BCUT2D eigenvalue weighted by Gasteiger charge is 1.97. The molecule has 0 saturated heterocycles. The van der Waals surface area contributed by atoms with Crippen LogP contribution >= 0.6 is 0 Å². The van der Waals surface area contributed by atoms with Crippen LogP contribution in [-0.2, 0) is 9.59 Å². The van der Waals surface area contributed by atoms with Gasteiger partial charge in [0.25, 0.3) is 0 Å². The summed E-state index contributed by atoms with van der Waals surface area (Å²) in [7, 11) is 0. The molecule has 0 spiro atoms. The van der Waals surface area contributed by atoms with Gasteiger partial charge in [-0.3, -0.25) is 9.59 Å². The molecule has 0 unspecified atom stereocenters. The van der Waals surface area contributed by atoms with E-state index in [1.165, 1.54) is 57.8 Å². The topological polar surface area (TPSA) is 74.6 Å². The Morgan fingerprint density at radius 1 is 0.276 bits per heavy atom. The van der Waals surface area contributed by atoms with Crippen molar-refractivity contribution >= 4 is 11.9 Å². The van der Waals surface area contributed by atoms with Gasteiger partial charge in [0.1, 0.15) is 0 Å². The number of hydrogen-bond acceptors (Lipinski definition) is 2. The van der Waals surface area contributed by atoms with Crippen LogP contribution < -0.4 is 0 Å². The first-order valence-electron chi connectivity index (χ1n) is 23.1. The Morgan fingerprint density at radius 3 is 0.690 bits per heavy atom. The normalized spacial score (nSPS) is 12.7. The summed E-state index contributed by atoms with van der Waals surface area (Å²) in [5, 5.41) is 17.1. The average molecular weight is 799 g/mol. The lowest BCUT2D eigenvalue weighted by Gasteiger charge is -2.00. The first kappa shape index (κ1) is 56.2. The van der Waals surface area contributed by atoms with Gasteiger partial charge in [0.15, 0.2) is 0 Å². The second kappa shape index (κ2) is 53.1. The minimum absolute atomic E-state index is 0.313. The summed E-state index contributed by atoms with van der Waals surface area (Å²) in [5.74, 6) is -1.34. The van der Waals surface area contributed by atoms with Gasteiger partial charge >= 0.3 is 11.9 Å². The number of unbranched alkanes of at least 4 members (excludes halogenated alkanes) is 13. The second-order valence-electron chi connectivity index (χ2n) is 14.6. The Kier molecular flexibility index (Phi) is 51.4. The number of carboxylic acids is 2. The van der Waals surface area contributed by atoms with Gasteiger partial charge in [0.05, 0.1) is 0 Å². The summed E-state index contributed by atoms with van der Waals surface area (Å²) in [6.07, 6.45) is 78.4. The molecule has 2 N–H and O–H groups in total. The molecular weight excluding hydrogens is 713 g/mol. The molecule has 0 aliphatic carbocycles. The van der Waals surface area contributed by atoms with Crippen molar-refractivity contribution in [2.75, 3.05) is 0 Å². The molecule has 4 heteroatoms. The Labute approximate surface area is 357 Å². The summed E-state index contributed by atoms with van der Waals surface area (Å²) < 4.78 is 0. The molecule has 0 heterocycles. The highest BCUT2D eigenvalue weighted by molar-refractivity contribution is 5.66. The maximum absolute atomic E-state index is 10.4. The lowest BCUT2D eigenvalue weighted by Crippen LogP contribution is -1.93. The van der Waals surface area contributed by atoms with Crippen LogP contribution in [0.15, 0.2) is 134 Å². The Balaban J connectivity index is 0. The smallest absolute Gasteiger partial charge is 0.303 e. The fraction of sp³-hybridized carbons (Fsp3) is 0.556. The quantitative estimate of drug-likeness (QED) is 0.0480. The van der Waals surface area contributed by atoms with Crippen molar-refractivity contribution in [2.45, 2.75) is 194 Å². The van der Waals surface area contributed by atoms with E-state index in [4.69, 9.17) is 10.2 Å². The van der Waals surface area contributed by atoms with Crippen molar-refractivity contribution in [1.29, 1.82) is 0 Å². The third-order valence-corrected chi connectivity index (χ3v) is 9.03. The molecule has 326 valence electrons. The van der Waals surface area contributed by atoms with Crippen molar-refractivity contribution < 1.29 is 19.8 Å². The molecule has 0 aromatic heterocycles. The van der Waals surface area contributed by atoms with E-state index in [-0.39, 0.29) is 0 Å². The van der Waals surface area contributed by atoms with E-state index in [0.29, 0.717) is 12.8 Å². The van der Waals surface area contributed by atoms with Crippen LogP contribution in [0.3, 0.4) is 0 Å². The van der Waals surface area contributed by atoms with Crippen molar-refractivity contribution in [3.8, 4) is 0 Å².